The van der Waals surface area contributed by atoms with Crippen LogP contribution in [0.2, 0.25) is 0 Å². The summed E-state index contributed by atoms with van der Waals surface area (Å²) in [6.45, 7) is 4.00. The van der Waals surface area contributed by atoms with Gasteiger partial charge in [0, 0.05) is 18.7 Å². The summed E-state index contributed by atoms with van der Waals surface area (Å²) in [6, 6.07) is 8.19. The van der Waals surface area contributed by atoms with Crippen molar-refractivity contribution in [2.24, 2.45) is 0 Å². The largest absolute Gasteiger partial charge is 0.359 e. The maximum atomic E-state index is 6.12. The van der Waals surface area contributed by atoms with Crippen LogP contribution in [0.5, 0.6) is 0 Å². The number of hydrogen-bond donors (Lipinski definition) is 1. The van der Waals surface area contributed by atoms with E-state index in [2.05, 4.69) is 28.4 Å². The number of hydrogen-bond acceptors (Lipinski definition) is 5. The van der Waals surface area contributed by atoms with E-state index in [1.54, 1.807) is 0 Å². The molecular formula is C16H19N3O2. The summed E-state index contributed by atoms with van der Waals surface area (Å²) in [5, 5.41) is 7.42. The summed E-state index contributed by atoms with van der Waals surface area (Å²) in [5.41, 5.74) is 2.30. The number of aryl methyl sites for hydroxylation is 1. The number of nitrogens with one attached hydrogen (secondary N) is 1. The monoisotopic (exact) mass is 285 g/mol. The first kappa shape index (κ1) is 13.0. The van der Waals surface area contributed by atoms with Crippen molar-refractivity contribution in [2.45, 2.75) is 37.9 Å². The van der Waals surface area contributed by atoms with Gasteiger partial charge in [-0.05, 0) is 24.8 Å². The third kappa shape index (κ3) is 2.17. The molecule has 2 saturated heterocycles. The second-order valence-electron chi connectivity index (χ2n) is 5.90. The molecule has 1 aromatic carbocycles. The molecule has 2 aliphatic heterocycles. The molecule has 2 fully saturated rings. The number of rotatable bonds is 3. The number of nitrogens with zero attached hydrogens (tertiary/aromatic N) is 2. The predicted molar refractivity (Wildman–Crippen MR) is 77.8 cm³/mol. The fourth-order valence-electron chi connectivity index (χ4n) is 3.17. The molecule has 0 amide bonds. The molecule has 0 bridgehead atoms. The highest BCUT2D eigenvalue weighted by Crippen LogP contribution is 2.41. The van der Waals surface area contributed by atoms with Gasteiger partial charge in [-0.3, -0.25) is 0 Å². The predicted octanol–water partition coefficient (Wildman–Crippen LogP) is 2.49. The minimum Gasteiger partial charge on any atom is -0.359 e. The van der Waals surface area contributed by atoms with Crippen molar-refractivity contribution in [1.29, 1.82) is 0 Å². The fourth-order valence-corrected chi connectivity index (χ4v) is 3.17. The molecule has 1 atom stereocenters. The van der Waals surface area contributed by atoms with Crippen LogP contribution in [0.15, 0.2) is 28.8 Å². The zero-order valence-corrected chi connectivity index (χ0v) is 12.1. The standard InChI is InChI=1S/C16H19N3O2/c1-2-11-5-3-4-6-12(11)14-18-15(21-19-14)13-7-8-16(20-13)9-17-10-16/h3-6,13,17H,2,7-10H2,1H3. The quantitative estimate of drug-likeness (QED) is 0.939. The summed E-state index contributed by atoms with van der Waals surface area (Å²) >= 11 is 0. The SMILES string of the molecule is CCc1ccccc1-c1noc(C2CCC3(CNC3)O2)n1. The maximum absolute atomic E-state index is 6.12. The Morgan fingerprint density at radius 3 is 2.90 bits per heavy atom. The van der Waals surface area contributed by atoms with Crippen LogP contribution in [0.1, 0.15) is 37.3 Å². The average molecular weight is 285 g/mol. The van der Waals surface area contributed by atoms with Crippen LogP contribution in [0.4, 0.5) is 0 Å². The van der Waals surface area contributed by atoms with E-state index in [9.17, 15) is 0 Å². The maximum Gasteiger partial charge on any atom is 0.256 e. The van der Waals surface area contributed by atoms with Gasteiger partial charge in [0.2, 0.25) is 5.82 Å². The van der Waals surface area contributed by atoms with E-state index in [4.69, 9.17) is 9.26 Å². The highest BCUT2D eigenvalue weighted by molar-refractivity contribution is 5.59. The van der Waals surface area contributed by atoms with Gasteiger partial charge < -0.3 is 14.6 Å². The van der Waals surface area contributed by atoms with Gasteiger partial charge in [0.15, 0.2) is 0 Å². The van der Waals surface area contributed by atoms with E-state index in [-0.39, 0.29) is 11.7 Å². The van der Waals surface area contributed by atoms with Gasteiger partial charge in [0.25, 0.3) is 5.89 Å². The second kappa shape index (κ2) is 4.93. The summed E-state index contributed by atoms with van der Waals surface area (Å²) in [5.74, 6) is 1.28. The molecule has 0 saturated carbocycles. The Labute approximate surface area is 123 Å². The molecule has 110 valence electrons. The van der Waals surface area contributed by atoms with Gasteiger partial charge >= 0.3 is 0 Å². The highest BCUT2D eigenvalue weighted by Gasteiger charge is 2.46. The first-order valence-electron chi connectivity index (χ1n) is 7.60. The Balaban J connectivity index is 1.58. The van der Waals surface area contributed by atoms with Gasteiger partial charge in [-0.25, -0.2) is 0 Å². The normalized spacial score (nSPS) is 23.4. The lowest BCUT2D eigenvalue weighted by molar-refractivity contribution is -0.0829. The van der Waals surface area contributed by atoms with Crippen LogP contribution in [0.3, 0.4) is 0 Å². The lowest BCUT2D eigenvalue weighted by Gasteiger charge is -2.38. The van der Waals surface area contributed by atoms with Crippen LogP contribution < -0.4 is 5.32 Å². The van der Waals surface area contributed by atoms with Crippen LogP contribution in [0.25, 0.3) is 11.4 Å². The fraction of sp³-hybridized carbons (Fsp3) is 0.500. The zero-order chi connectivity index (χ0) is 14.3. The van der Waals surface area contributed by atoms with Crippen molar-refractivity contribution in [3.05, 3.63) is 35.7 Å². The summed E-state index contributed by atoms with van der Waals surface area (Å²) in [4.78, 5) is 4.57. The first-order chi connectivity index (χ1) is 10.3. The van der Waals surface area contributed by atoms with Crippen molar-refractivity contribution < 1.29 is 9.26 Å². The van der Waals surface area contributed by atoms with E-state index < -0.39 is 0 Å². The zero-order valence-electron chi connectivity index (χ0n) is 12.1. The van der Waals surface area contributed by atoms with Gasteiger partial charge in [-0.1, -0.05) is 36.3 Å². The molecule has 21 heavy (non-hydrogen) atoms. The van der Waals surface area contributed by atoms with Crippen molar-refractivity contribution >= 4 is 0 Å². The van der Waals surface area contributed by atoms with Crippen LogP contribution in [0, 0.1) is 0 Å². The topological polar surface area (TPSA) is 60.2 Å². The third-order valence-electron chi connectivity index (χ3n) is 4.51. The van der Waals surface area contributed by atoms with E-state index in [1.807, 2.05) is 18.2 Å². The summed E-state index contributed by atoms with van der Waals surface area (Å²) < 4.78 is 11.6. The van der Waals surface area contributed by atoms with Crippen molar-refractivity contribution in [1.82, 2.24) is 15.5 Å². The van der Waals surface area contributed by atoms with Gasteiger partial charge in [0.05, 0.1) is 5.60 Å². The van der Waals surface area contributed by atoms with Crippen LogP contribution >= 0.6 is 0 Å². The van der Waals surface area contributed by atoms with Gasteiger partial charge in [-0.15, -0.1) is 0 Å². The van der Waals surface area contributed by atoms with Gasteiger partial charge in [-0.2, -0.15) is 4.98 Å². The van der Waals surface area contributed by atoms with E-state index in [1.165, 1.54) is 5.56 Å². The molecule has 3 heterocycles. The molecule has 4 rings (SSSR count). The molecule has 5 nitrogen and oxygen atoms in total. The number of aromatic nitrogens is 2. The van der Waals surface area contributed by atoms with E-state index >= 15 is 0 Å². The molecule has 2 aromatic rings. The Morgan fingerprint density at radius 1 is 1.33 bits per heavy atom. The smallest absolute Gasteiger partial charge is 0.256 e. The molecule has 1 unspecified atom stereocenters. The minimum absolute atomic E-state index is 0.0145. The van der Waals surface area contributed by atoms with Crippen molar-refractivity contribution in [2.75, 3.05) is 13.1 Å². The molecule has 0 radical (unpaired) electrons. The van der Waals surface area contributed by atoms with Crippen LogP contribution in [-0.4, -0.2) is 28.8 Å². The minimum atomic E-state index is -0.0536. The van der Waals surface area contributed by atoms with Gasteiger partial charge in [0.1, 0.15) is 6.10 Å². The van der Waals surface area contributed by atoms with Crippen molar-refractivity contribution in [3.8, 4) is 11.4 Å². The van der Waals surface area contributed by atoms with Crippen LogP contribution in [-0.2, 0) is 11.2 Å². The third-order valence-corrected chi connectivity index (χ3v) is 4.51. The Hall–Kier alpha value is -1.72. The second-order valence-corrected chi connectivity index (χ2v) is 5.90. The summed E-state index contributed by atoms with van der Waals surface area (Å²) in [7, 11) is 0. The highest BCUT2D eigenvalue weighted by atomic mass is 16.5. The van der Waals surface area contributed by atoms with Crippen molar-refractivity contribution in [3.63, 3.8) is 0 Å². The molecule has 2 aliphatic rings. The molecule has 1 N–H and O–H groups in total. The van der Waals surface area contributed by atoms with E-state index in [0.29, 0.717) is 11.7 Å². The summed E-state index contributed by atoms with van der Waals surface area (Å²) in [6.07, 6.45) is 2.92. The molecular weight excluding hydrogens is 266 g/mol. The number of benzene rings is 1. The lowest BCUT2D eigenvalue weighted by atomic mass is 9.93. The number of ether oxygens (including phenoxy) is 1. The Bertz CT molecular complexity index is 648. The first-order valence-corrected chi connectivity index (χ1v) is 7.60. The Kier molecular flexibility index (Phi) is 3.05. The molecule has 0 aliphatic carbocycles. The lowest BCUT2D eigenvalue weighted by Crippen LogP contribution is -2.58. The molecule has 1 aromatic heterocycles. The Morgan fingerprint density at radius 2 is 2.19 bits per heavy atom. The molecule has 5 heteroatoms. The van der Waals surface area contributed by atoms with E-state index in [0.717, 1.165) is 37.9 Å². The molecule has 1 spiro atoms. The average Bonchev–Trinajstić information content (AvgIpc) is 3.13.